The fraction of sp³-hybridized carbons (Fsp3) is 0.455. The fourth-order valence-electron chi connectivity index (χ4n) is 4.93. The second-order valence-electron chi connectivity index (χ2n) is 7.58. The summed E-state index contributed by atoms with van der Waals surface area (Å²) >= 11 is 0. The molecule has 0 aromatic heterocycles. The lowest BCUT2D eigenvalue weighted by Crippen LogP contribution is -2.29. The normalized spacial score (nSPS) is 26.0. The molecule has 0 saturated carbocycles. The number of hydrogen-bond acceptors (Lipinski definition) is 1. The average molecular weight is 306 g/mol. The van der Waals surface area contributed by atoms with Crippen LogP contribution in [0, 0.1) is 5.41 Å². The lowest BCUT2D eigenvalue weighted by molar-refractivity contribution is 0.285. The maximum atomic E-state index is 9.73. The van der Waals surface area contributed by atoms with Gasteiger partial charge in [-0.1, -0.05) is 50.1 Å². The molecule has 2 aliphatic rings. The van der Waals surface area contributed by atoms with E-state index in [1.807, 2.05) is 12.1 Å². The summed E-state index contributed by atoms with van der Waals surface area (Å²) < 4.78 is 0. The van der Waals surface area contributed by atoms with Crippen LogP contribution in [0.3, 0.4) is 0 Å². The third-order valence-electron chi connectivity index (χ3n) is 6.32. The van der Waals surface area contributed by atoms with Gasteiger partial charge in [-0.15, -0.1) is 0 Å². The first-order chi connectivity index (χ1) is 11.1. The van der Waals surface area contributed by atoms with Gasteiger partial charge in [-0.3, -0.25) is 0 Å². The number of allylic oxidation sites excluding steroid dienone is 2. The van der Waals surface area contributed by atoms with E-state index in [0.29, 0.717) is 17.1 Å². The molecule has 0 saturated heterocycles. The lowest BCUT2D eigenvalue weighted by atomic mass is 9.63. The van der Waals surface area contributed by atoms with Crippen LogP contribution in [-0.4, -0.2) is 5.11 Å². The minimum absolute atomic E-state index is 0.363. The van der Waals surface area contributed by atoms with Gasteiger partial charge in [0.15, 0.2) is 0 Å². The molecule has 0 spiro atoms. The number of aryl methyl sites for hydroxylation is 1. The molecule has 0 heterocycles. The number of phenolic OH excluding ortho intramolecular Hbond substituents is 1. The summed E-state index contributed by atoms with van der Waals surface area (Å²) in [6.07, 6.45) is 10.0. The van der Waals surface area contributed by atoms with Gasteiger partial charge in [0.25, 0.3) is 0 Å². The first-order valence-corrected chi connectivity index (χ1v) is 9.07. The first-order valence-electron chi connectivity index (χ1n) is 9.07. The molecular formula is C22H26O. The van der Waals surface area contributed by atoms with Gasteiger partial charge in [0.05, 0.1) is 0 Å². The van der Waals surface area contributed by atoms with Crippen molar-refractivity contribution < 1.29 is 5.11 Å². The zero-order valence-corrected chi connectivity index (χ0v) is 14.2. The Labute approximate surface area is 139 Å². The molecule has 2 aliphatic carbocycles. The van der Waals surface area contributed by atoms with Crippen LogP contribution in [0.5, 0.6) is 5.75 Å². The van der Waals surface area contributed by atoms with Crippen molar-refractivity contribution in [1.82, 2.24) is 0 Å². The number of rotatable bonds is 3. The van der Waals surface area contributed by atoms with E-state index in [2.05, 4.69) is 38.1 Å². The topological polar surface area (TPSA) is 20.2 Å². The highest BCUT2D eigenvalue weighted by Crippen LogP contribution is 2.57. The maximum Gasteiger partial charge on any atom is 0.116 e. The van der Waals surface area contributed by atoms with E-state index in [0.717, 1.165) is 6.42 Å². The molecule has 0 aliphatic heterocycles. The molecule has 0 radical (unpaired) electrons. The van der Waals surface area contributed by atoms with Crippen molar-refractivity contribution >= 4 is 10.8 Å². The summed E-state index contributed by atoms with van der Waals surface area (Å²) in [5.41, 5.74) is 5.16. The van der Waals surface area contributed by atoms with Gasteiger partial charge >= 0.3 is 0 Å². The SMILES string of the molecule is CCCCC1=CCC2c3ccc4cc(O)ccc4c3CC[C@]12C. The lowest BCUT2D eigenvalue weighted by Gasteiger charge is -2.41. The van der Waals surface area contributed by atoms with Crippen molar-refractivity contribution in [1.29, 1.82) is 0 Å². The van der Waals surface area contributed by atoms with Gasteiger partial charge in [-0.05, 0) is 77.5 Å². The Morgan fingerprint density at radius 2 is 2.09 bits per heavy atom. The first kappa shape index (κ1) is 14.8. The molecule has 2 aromatic carbocycles. The highest BCUT2D eigenvalue weighted by molar-refractivity contribution is 5.88. The predicted molar refractivity (Wildman–Crippen MR) is 97.0 cm³/mol. The third kappa shape index (κ3) is 2.21. The highest BCUT2D eigenvalue weighted by atomic mass is 16.3. The van der Waals surface area contributed by atoms with Crippen molar-refractivity contribution in [3.05, 3.63) is 53.1 Å². The zero-order chi connectivity index (χ0) is 16.0. The standard InChI is InChI=1S/C22H26O/c1-3-4-5-16-7-11-21-20-9-6-15-14-17(23)8-10-18(15)19(20)12-13-22(16,21)2/h6-10,14,21,23H,3-5,11-13H2,1-2H3/t21?,22-/m1/s1. The van der Waals surface area contributed by atoms with E-state index in [1.54, 1.807) is 11.1 Å². The van der Waals surface area contributed by atoms with E-state index in [1.165, 1.54) is 48.4 Å². The molecule has 0 bridgehead atoms. The Bertz CT molecular complexity index is 786. The monoisotopic (exact) mass is 306 g/mol. The average Bonchev–Trinajstić information content (AvgIpc) is 2.89. The molecule has 1 unspecified atom stereocenters. The van der Waals surface area contributed by atoms with Crippen LogP contribution in [0.1, 0.15) is 63.0 Å². The van der Waals surface area contributed by atoms with Crippen molar-refractivity contribution in [2.24, 2.45) is 5.41 Å². The number of aromatic hydroxyl groups is 1. The molecule has 2 aromatic rings. The van der Waals surface area contributed by atoms with Crippen molar-refractivity contribution in [2.45, 2.75) is 58.3 Å². The summed E-state index contributed by atoms with van der Waals surface area (Å²) in [6, 6.07) is 10.4. The molecular weight excluding hydrogens is 280 g/mol. The van der Waals surface area contributed by atoms with Gasteiger partial charge in [0.1, 0.15) is 5.75 Å². The van der Waals surface area contributed by atoms with E-state index in [4.69, 9.17) is 0 Å². The molecule has 1 N–H and O–H groups in total. The minimum Gasteiger partial charge on any atom is -0.508 e. The van der Waals surface area contributed by atoms with Crippen LogP contribution in [0.2, 0.25) is 0 Å². The molecule has 120 valence electrons. The third-order valence-corrected chi connectivity index (χ3v) is 6.32. The predicted octanol–water partition coefficient (Wildman–Crippen LogP) is 6.10. The van der Waals surface area contributed by atoms with Crippen LogP contribution < -0.4 is 0 Å². The maximum absolute atomic E-state index is 9.73. The van der Waals surface area contributed by atoms with Crippen LogP contribution in [0.4, 0.5) is 0 Å². The molecule has 2 atom stereocenters. The van der Waals surface area contributed by atoms with E-state index in [-0.39, 0.29) is 0 Å². The second kappa shape index (κ2) is 5.40. The fourth-order valence-corrected chi connectivity index (χ4v) is 4.93. The van der Waals surface area contributed by atoms with Gasteiger partial charge in [0.2, 0.25) is 0 Å². The van der Waals surface area contributed by atoms with E-state index < -0.39 is 0 Å². The number of phenols is 1. The number of fused-ring (bicyclic) bond motifs is 5. The summed E-state index contributed by atoms with van der Waals surface area (Å²) in [7, 11) is 0. The number of hydrogen-bond donors (Lipinski definition) is 1. The summed E-state index contributed by atoms with van der Waals surface area (Å²) in [4.78, 5) is 0. The Morgan fingerprint density at radius 3 is 2.91 bits per heavy atom. The number of benzene rings is 2. The molecule has 23 heavy (non-hydrogen) atoms. The molecule has 1 heteroatoms. The Hall–Kier alpha value is -1.76. The van der Waals surface area contributed by atoms with Crippen LogP contribution >= 0.6 is 0 Å². The van der Waals surface area contributed by atoms with E-state index >= 15 is 0 Å². The smallest absolute Gasteiger partial charge is 0.116 e. The minimum atomic E-state index is 0.363. The highest BCUT2D eigenvalue weighted by Gasteiger charge is 2.44. The van der Waals surface area contributed by atoms with Gasteiger partial charge < -0.3 is 5.11 Å². The Balaban J connectivity index is 1.76. The Morgan fingerprint density at radius 1 is 1.22 bits per heavy atom. The second-order valence-corrected chi connectivity index (χ2v) is 7.58. The van der Waals surface area contributed by atoms with Gasteiger partial charge in [0, 0.05) is 0 Å². The van der Waals surface area contributed by atoms with Crippen molar-refractivity contribution in [3.63, 3.8) is 0 Å². The molecule has 0 fully saturated rings. The van der Waals surface area contributed by atoms with E-state index in [9.17, 15) is 5.11 Å². The summed E-state index contributed by atoms with van der Waals surface area (Å²) in [6.45, 7) is 4.78. The number of unbranched alkanes of at least 4 members (excludes halogenated alkanes) is 1. The van der Waals surface area contributed by atoms with Gasteiger partial charge in [-0.25, -0.2) is 0 Å². The molecule has 4 rings (SSSR count). The Kier molecular flexibility index (Phi) is 3.48. The van der Waals surface area contributed by atoms with Crippen molar-refractivity contribution in [2.75, 3.05) is 0 Å². The van der Waals surface area contributed by atoms with Crippen LogP contribution in [-0.2, 0) is 6.42 Å². The largest absolute Gasteiger partial charge is 0.508 e. The molecule has 0 amide bonds. The van der Waals surface area contributed by atoms with Crippen LogP contribution in [0.25, 0.3) is 10.8 Å². The summed E-state index contributed by atoms with van der Waals surface area (Å²) in [5, 5.41) is 12.2. The van der Waals surface area contributed by atoms with Crippen LogP contribution in [0.15, 0.2) is 42.0 Å². The quantitative estimate of drug-likeness (QED) is 0.679. The van der Waals surface area contributed by atoms with Gasteiger partial charge in [-0.2, -0.15) is 0 Å². The summed E-state index contributed by atoms with van der Waals surface area (Å²) in [5.74, 6) is 1.01. The zero-order valence-electron chi connectivity index (χ0n) is 14.2. The molecule has 1 nitrogen and oxygen atoms in total. The van der Waals surface area contributed by atoms with Crippen molar-refractivity contribution in [3.8, 4) is 5.75 Å².